The third-order valence-corrected chi connectivity index (χ3v) is 3.74. The molecule has 1 fully saturated rings. The van der Waals surface area contributed by atoms with Gasteiger partial charge in [-0.25, -0.2) is 0 Å². The van der Waals surface area contributed by atoms with E-state index in [2.05, 4.69) is 18.7 Å². The SMILES string of the molecule is CC(C)N1CCN(c2ccc(C(F)(F)F)cc2N)CC1. The van der Waals surface area contributed by atoms with Crippen molar-refractivity contribution in [3.8, 4) is 0 Å². The highest BCUT2D eigenvalue weighted by molar-refractivity contribution is 5.69. The third kappa shape index (κ3) is 3.17. The van der Waals surface area contributed by atoms with E-state index in [0.717, 1.165) is 38.3 Å². The molecule has 6 heteroatoms. The van der Waals surface area contributed by atoms with E-state index in [-0.39, 0.29) is 5.69 Å². The number of halogens is 3. The molecule has 1 aromatic rings. The molecule has 2 N–H and O–H groups in total. The van der Waals surface area contributed by atoms with Gasteiger partial charge in [0.15, 0.2) is 0 Å². The lowest BCUT2D eigenvalue weighted by Gasteiger charge is -2.38. The fraction of sp³-hybridized carbons (Fsp3) is 0.571. The summed E-state index contributed by atoms with van der Waals surface area (Å²) in [4.78, 5) is 4.39. The van der Waals surface area contributed by atoms with E-state index in [0.29, 0.717) is 11.7 Å². The molecular weight excluding hydrogens is 267 g/mol. The first-order valence-electron chi connectivity index (χ1n) is 6.75. The van der Waals surface area contributed by atoms with E-state index in [9.17, 15) is 13.2 Å². The summed E-state index contributed by atoms with van der Waals surface area (Å²) < 4.78 is 37.8. The average molecular weight is 287 g/mol. The highest BCUT2D eigenvalue weighted by Crippen LogP contribution is 2.34. The second-order valence-corrected chi connectivity index (χ2v) is 5.39. The number of alkyl halides is 3. The number of hydrogen-bond acceptors (Lipinski definition) is 3. The van der Waals surface area contributed by atoms with E-state index in [4.69, 9.17) is 5.73 Å². The van der Waals surface area contributed by atoms with Gasteiger partial charge in [0.25, 0.3) is 0 Å². The largest absolute Gasteiger partial charge is 0.416 e. The molecule has 1 aliphatic rings. The predicted octanol–water partition coefficient (Wildman–Crippen LogP) is 2.82. The molecule has 0 aromatic heterocycles. The molecule has 0 unspecified atom stereocenters. The van der Waals surface area contributed by atoms with Crippen molar-refractivity contribution >= 4 is 11.4 Å². The number of rotatable bonds is 2. The molecule has 20 heavy (non-hydrogen) atoms. The Hall–Kier alpha value is -1.43. The zero-order valence-electron chi connectivity index (χ0n) is 11.7. The summed E-state index contributed by atoms with van der Waals surface area (Å²) in [5.41, 5.74) is 5.98. The van der Waals surface area contributed by atoms with Gasteiger partial charge in [0.1, 0.15) is 0 Å². The fourth-order valence-electron chi connectivity index (χ4n) is 2.50. The first-order chi connectivity index (χ1) is 9.29. The molecule has 112 valence electrons. The number of benzene rings is 1. The molecule has 0 aliphatic carbocycles. The Morgan fingerprint density at radius 2 is 1.70 bits per heavy atom. The first kappa shape index (κ1) is 15.0. The summed E-state index contributed by atoms with van der Waals surface area (Å²) in [6.45, 7) is 7.65. The Morgan fingerprint density at radius 1 is 1.10 bits per heavy atom. The first-order valence-corrected chi connectivity index (χ1v) is 6.75. The van der Waals surface area contributed by atoms with Crippen molar-refractivity contribution < 1.29 is 13.2 Å². The molecule has 0 amide bonds. The van der Waals surface area contributed by atoms with E-state index in [1.165, 1.54) is 6.07 Å². The molecule has 0 bridgehead atoms. The van der Waals surface area contributed by atoms with Gasteiger partial charge in [-0.05, 0) is 32.0 Å². The monoisotopic (exact) mass is 287 g/mol. The van der Waals surface area contributed by atoms with Gasteiger partial charge in [-0.3, -0.25) is 4.90 Å². The van der Waals surface area contributed by atoms with Gasteiger partial charge in [-0.1, -0.05) is 0 Å². The maximum Gasteiger partial charge on any atom is 0.416 e. The van der Waals surface area contributed by atoms with Crippen LogP contribution in [0.3, 0.4) is 0 Å². The minimum Gasteiger partial charge on any atom is -0.397 e. The topological polar surface area (TPSA) is 32.5 Å². The van der Waals surface area contributed by atoms with E-state index in [1.807, 2.05) is 4.90 Å². The summed E-state index contributed by atoms with van der Waals surface area (Å²) in [5.74, 6) is 0. The molecule has 2 rings (SSSR count). The number of nitrogen functional groups attached to an aromatic ring is 1. The molecule has 3 nitrogen and oxygen atoms in total. The number of nitrogens with two attached hydrogens (primary N) is 1. The van der Waals surface area contributed by atoms with Gasteiger partial charge in [0.05, 0.1) is 16.9 Å². The molecule has 0 radical (unpaired) electrons. The van der Waals surface area contributed by atoms with E-state index >= 15 is 0 Å². The highest BCUT2D eigenvalue weighted by Gasteiger charge is 2.31. The van der Waals surface area contributed by atoms with Crippen LogP contribution < -0.4 is 10.6 Å². The van der Waals surface area contributed by atoms with Crippen LogP contribution in [0.1, 0.15) is 19.4 Å². The quantitative estimate of drug-likeness (QED) is 0.849. The van der Waals surface area contributed by atoms with Crippen molar-refractivity contribution in [2.45, 2.75) is 26.1 Å². The lowest BCUT2D eigenvalue weighted by atomic mass is 10.1. The molecule has 0 spiro atoms. The maximum absolute atomic E-state index is 12.6. The Balaban J connectivity index is 2.11. The van der Waals surface area contributed by atoms with E-state index in [1.54, 1.807) is 0 Å². The predicted molar refractivity (Wildman–Crippen MR) is 74.8 cm³/mol. The molecular formula is C14H20F3N3. The van der Waals surface area contributed by atoms with Crippen molar-refractivity contribution in [2.75, 3.05) is 36.8 Å². The molecule has 0 saturated carbocycles. The number of anilines is 2. The maximum atomic E-state index is 12.6. The highest BCUT2D eigenvalue weighted by atomic mass is 19.4. The smallest absolute Gasteiger partial charge is 0.397 e. The zero-order chi connectivity index (χ0) is 14.9. The van der Waals surface area contributed by atoms with Gasteiger partial charge in [-0.2, -0.15) is 13.2 Å². The van der Waals surface area contributed by atoms with Gasteiger partial charge in [0.2, 0.25) is 0 Å². The number of hydrogen-bond donors (Lipinski definition) is 1. The second kappa shape index (κ2) is 5.52. The lowest BCUT2D eigenvalue weighted by Crippen LogP contribution is -2.49. The Kier molecular flexibility index (Phi) is 4.13. The molecule has 0 atom stereocenters. The van der Waals surface area contributed by atoms with Crippen LogP contribution in [0, 0.1) is 0 Å². The van der Waals surface area contributed by atoms with Crippen LogP contribution in [-0.2, 0) is 6.18 Å². The molecule has 1 saturated heterocycles. The Bertz CT molecular complexity index is 463. The van der Waals surface area contributed by atoms with E-state index < -0.39 is 11.7 Å². The number of piperazine rings is 1. The van der Waals surface area contributed by atoms with Crippen LogP contribution in [-0.4, -0.2) is 37.1 Å². The van der Waals surface area contributed by atoms with Crippen LogP contribution in [0.15, 0.2) is 18.2 Å². The Labute approximate surface area is 117 Å². The van der Waals surface area contributed by atoms with Crippen molar-refractivity contribution in [2.24, 2.45) is 0 Å². The molecule has 1 aromatic carbocycles. The summed E-state index contributed by atoms with van der Waals surface area (Å²) in [5, 5.41) is 0. The summed E-state index contributed by atoms with van der Waals surface area (Å²) in [7, 11) is 0. The minimum absolute atomic E-state index is 0.192. The van der Waals surface area contributed by atoms with Crippen LogP contribution in [0.25, 0.3) is 0 Å². The third-order valence-electron chi connectivity index (χ3n) is 3.74. The standard InChI is InChI=1S/C14H20F3N3/c1-10(2)19-5-7-20(8-6-19)13-4-3-11(9-12(13)18)14(15,16)17/h3-4,9-10H,5-8,18H2,1-2H3. The van der Waals surface area contributed by atoms with Crippen molar-refractivity contribution in [1.82, 2.24) is 4.90 Å². The summed E-state index contributed by atoms with van der Waals surface area (Å²) >= 11 is 0. The number of nitrogens with zero attached hydrogens (tertiary/aromatic N) is 2. The van der Waals surface area contributed by atoms with Crippen LogP contribution in [0.4, 0.5) is 24.5 Å². The lowest BCUT2D eigenvalue weighted by molar-refractivity contribution is -0.137. The normalized spacial score (nSPS) is 17.8. The van der Waals surface area contributed by atoms with Crippen LogP contribution in [0.5, 0.6) is 0 Å². The molecule has 1 aliphatic heterocycles. The van der Waals surface area contributed by atoms with Gasteiger partial charge >= 0.3 is 6.18 Å². The van der Waals surface area contributed by atoms with Crippen LogP contribution in [0.2, 0.25) is 0 Å². The van der Waals surface area contributed by atoms with Gasteiger partial charge < -0.3 is 10.6 Å². The Morgan fingerprint density at radius 3 is 2.15 bits per heavy atom. The van der Waals surface area contributed by atoms with Crippen molar-refractivity contribution in [3.05, 3.63) is 23.8 Å². The van der Waals surface area contributed by atoms with Crippen molar-refractivity contribution in [1.29, 1.82) is 0 Å². The summed E-state index contributed by atoms with van der Waals surface area (Å²) in [6, 6.07) is 4.08. The molecule has 1 heterocycles. The van der Waals surface area contributed by atoms with Crippen molar-refractivity contribution in [3.63, 3.8) is 0 Å². The van der Waals surface area contributed by atoms with Gasteiger partial charge in [-0.15, -0.1) is 0 Å². The van der Waals surface area contributed by atoms with Gasteiger partial charge in [0, 0.05) is 32.2 Å². The minimum atomic E-state index is -4.34. The zero-order valence-corrected chi connectivity index (χ0v) is 11.7. The van der Waals surface area contributed by atoms with Crippen LogP contribution >= 0.6 is 0 Å². The average Bonchev–Trinajstić information content (AvgIpc) is 2.37. The second-order valence-electron chi connectivity index (χ2n) is 5.39. The summed E-state index contributed by atoms with van der Waals surface area (Å²) in [6.07, 6.45) is -4.34. The fourth-order valence-corrected chi connectivity index (χ4v) is 2.50.